The summed E-state index contributed by atoms with van der Waals surface area (Å²) in [6.07, 6.45) is 18.2. The average molecular weight is 551 g/mol. The number of aliphatic hydroxyl groups is 1. The Morgan fingerprint density at radius 3 is 1.78 bits per heavy atom. The molecule has 0 heterocycles. The van der Waals surface area contributed by atoms with Crippen molar-refractivity contribution in [3.05, 3.63) is 0 Å². The van der Waals surface area contributed by atoms with Gasteiger partial charge in [0.1, 0.15) is 13.2 Å². The highest BCUT2D eigenvalue weighted by Gasteiger charge is 2.24. The van der Waals surface area contributed by atoms with Gasteiger partial charge >= 0.3 is 0 Å². The predicted octanol–water partition coefficient (Wildman–Crippen LogP) is 5.71. The SMILES string of the molecule is CCCCCCCCCCCCCCCCC(O)C(COP(=O)([O-])OCC[N+](C)(C)C)NC(=O)CCC. The van der Waals surface area contributed by atoms with Crippen LogP contribution in [-0.4, -0.2) is 68.5 Å². The standard InChI is InChI=1S/C28H59N2O6P/c1-6-8-9-10-11-12-13-14-15-16-17-18-19-20-22-27(31)26(29-28(32)21-7-2)25-36-37(33,34)35-24-23-30(3,4)5/h26-27,31H,6-25H2,1-5H3,(H-,29,32,33,34). The number of carbonyl (C=O) groups excluding carboxylic acids is 1. The maximum atomic E-state index is 12.1. The lowest BCUT2D eigenvalue weighted by atomic mass is 10.0. The third-order valence-electron chi connectivity index (χ3n) is 6.57. The van der Waals surface area contributed by atoms with Gasteiger partial charge in [0.15, 0.2) is 0 Å². The molecule has 2 N–H and O–H groups in total. The Hall–Kier alpha value is -0.500. The number of unbranched alkanes of at least 4 members (excludes halogenated alkanes) is 13. The lowest BCUT2D eigenvalue weighted by molar-refractivity contribution is -0.870. The number of hydrogen-bond donors (Lipinski definition) is 2. The molecule has 0 aliphatic carbocycles. The van der Waals surface area contributed by atoms with Gasteiger partial charge in [-0.1, -0.05) is 104 Å². The Balaban J connectivity index is 4.18. The summed E-state index contributed by atoms with van der Waals surface area (Å²) in [6, 6.07) is -0.787. The van der Waals surface area contributed by atoms with Gasteiger partial charge in [0.05, 0.1) is 39.9 Å². The van der Waals surface area contributed by atoms with Crippen molar-refractivity contribution in [1.82, 2.24) is 5.32 Å². The van der Waals surface area contributed by atoms with E-state index < -0.39 is 20.0 Å². The summed E-state index contributed by atoms with van der Waals surface area (Å²) < 4.78 is 22.7. The molecule has 0 radical (unpaired) electrons. The summed E-state index contributed by atoms with van der Waals surface area (Å²) in [4.78, 5) is 24.2. The van der Waals surface area contributed by atoms with E-state index in [1.54, 1.807) is 0 Å². The molecule has 0 saturated carbocycles. The first-order chi connectivity index (χ1) is 17.5. The molecule has 0 aliphatic heterocycles. The number of quaternary nitrogens is 1. The van der Waals surface area contributed by atoms with Crippen LogP contribution in [0, 0.1) is 0 Å². The number of carbonyl (C=O) groups is 1. The highest BCUT2D eigenvalue weighted by molar-refractivity contribution is 7.45. The van der Waals surface area contributed by atoms with Gasteiger partial charge in [-0.25, -0.2) is 0 Å². The highest BCUT2D eigenvalue weighted by atomic mass is 31.2. The lowest BCUT2D eigenvalue weighted by Crippen LogP contribution is -2.46. The molecule has 0 aromatic carbocycles. The molecule has 3 atom stereocenters. The van der Waals surface area contributed by atoms with Crippen LogP contribution in [0.25, 0.3) is 0 Å². The highest BCUT2D eigenvalue weighted by Crippen LogP contribution is 2.38. The molecule has 222 valence electrons. The van der Waals surface area contributed by atoms with Crippen LogP contribution in [0.15, 0.2) is 0 Å². The molecule has 0 bridgehead atoms. The van der Waals surface area contributed by atoms with E-state index in [1.807, 2.05) is 28.1 Å². The minimum atomic E-state index is -4.51. The van der Waals surface area contributed by atoms with Crippen LogP contribution in [0.3, 0.4) is 0 Å². The van der Waals surface area contributed by atoms with E-state index in [1.165, 1.54) is 70.6 Å². The zero-order chi connectivity index (χ0) is 28.0. The summed E-state index contributed by atoms with van der Waals surface area (Å²) >= 11 is 0. The summed E-state index contributed by atoms with van der Waals surface area (Å²) in [7, 11) is 1.30. The summed E-state index contributed by atoms with van der Waals surface area (Å²) in [5.41, 5.74) is 0. The normalized spacial score (nSPS) is 15.3. The van der Waals surface area contributed by atoms with Crippen LogP contribution in [0.1, 0.15) is 123 Å². The largest absolute Gasteiger partial charge is 0.756 e. The van der Waals surface area contributed by atoms with E-state index in [4.69, 9.17) is 9.05 Å². The number of phosphoric acid groups is 1. The van der Waals surface area contributed by atoms with Gasteiger partial charge in [-0.2, -0.15) is 0 Å². The van der Waals surface area contributed by atoms with Crippen LogP contribution < -0.4 is 10.2 Å². The first kappa shape index (κ1) is 36.5. The Kier molecular flexibility index (Phi) is 22.0. The van der Waals surface area contributed by atoms with E-state index in [0.717, 1.165) is 19.3 Å². The molecule has 3 unspecified atom stereocenters. The van der Waals surface area contributed by atoms with Gasteiger partial charge in [-0.05, 0) is 12.8 Å². The Bertz CT molecular complexity index is 600. The second-order valence-corrected chi connectivity index (χ2v) is 12.9. The number of hydrogen-bond acceptors (Lipinski definition) is 6. The lowest BCUT2D eigenvalue weighted by Gasteiger charge is -2.30. The molecule has 1 amide bonds. The topological polar surface area (TPSA) is 108 Å². The molecule has 0 spiro atoms. The third kappa shape index (κ3) is 24.3. The third-order valence-corrected chi connectivity index (χ3v) is 7.53. The van der Waals surface area contributed by atoms with Gasteiger partial charge < -0.3 is 28.8 Å². The van der Waals surface area contributed by atoms with Gasteiger partial charge in [0.2, 0.25) is 5.91 Å². The van der Waals surface area contributed by atoms with Crippen molar-refractivity contribution in [3.63, 3.8) is 0 Å². The predicted molar refractivity (Wildman–Crippen MR) is 150 cm³/mol. The molecule has 0 saturated heterocycles. The first-order valence-corrected chi connectivity index (χ1v) is 16.3. The van der Waals surface area contributed by atoms with Crippen molar-refractivity contribution in [2.75, 3.05) is 40.9 Å². The number of rotatable bonds is 26. The second-order valence-electron chi connectivity index (χ2n) is 11.5. The number of nitrogens with one attached hydrogen (secondary N) is 1. The Morgan fingerprint density at radius 2 is 1.32 bits per heavy atom. The number of phosphoric ester groups is 1. The summed E-state index contributed by atoms with van der Waals surface area (Å²) in [5.74, 6) is -0.220. The molecule has 0 aliphatic rings. The molecular formula is C28H59N2O6P. The van der Waals surface area contributed by atoms with Crippen LogP contribution in [-0.2, 0) is 18.4 Å². The van der Waals surface area contributed by atoms with Crippen molar-refractivity contribution < 1.29 is 32.9 Å². The maximum absolute atomic E-state index is 12.1. The van der Waals surface area contributed by atoms with Crippen LogP contribution in [0.2, 0.25) is 0 Å². The fraction of sp³-hybridized carbons (Fsp3) is 0.964. The van der Waals surface area contributed by atoms with Crippen molar-refractivity contribution >= 4 is 13.7 Å². The Labute approximate surface area is 228 Å². The molecule has 8 nitrogen and oxygen atoms in total. The van der Waals surface area contributed by atoms with E-state index in [-0.39, 0.29) is 19.1 Å². The van der Waals surface area contributed by atoms with Crippen molar-refractivity contribution in [2.45, 2.75) is 135 Å². The van der Waals surface area contributed by atoms with Crippen molar-refractivity contribution in [3.8, 4) is 0 Å². The van der Waals surface area contributed by atoms with Gasteiger partial charge in [0.25, 0.3) is 7.82 Å². The minimum Gasteiger partial charge on any atom is -0.756 e. The zero-order valence-electron chi connectivity index (χ0n) is 24.7. The zero-order valence-corrected chi connectivity index (χ0v) is 25.6. The Morgan fingerprint density at radius 1 is 0.838 bits per heavy atom. The van der Waals surface area contributed by atoms with Gasteiger partial charge in [0, 0.05) is 6.42 Å². The monoisotopic (exact) mass is 550 g/mol. The average Bonchev–Trinajstić information content (AvgIpc) is 2.81. The second kappa shape index (κ2) is 22.3. The quantitative estimate of drug-likeness (QED) is 0.0811. The molecule has 0 rings (SSSR count). The van der Waals surface area contributed by atoms with E-state index in [2.05, 4.69) is 12.2 Å². The number of amides is 1. The van der Waals surface area contributed by atoms with E-state index >= 15 is 0 Å². The van der Waals surface area contributed by atoms with Crippen LogP contribution >= 0.6 is 7.82 Å². The molecule has 9 heteroatoms. The smallest absolute Gasteiger partial charge is 0.268 e. The summed E-state index contributed by atoms with van der Waals surface area (Å²) in [6.45, 7) is 4.33. The molecule has 0 aromatic heterocycles. The first-order valence-electron chi connectivity index (χ1n) is 14.9. The number of likely N-dealkylation sites (N-methyl/N-ethyl adjacent to an activating group) is 1. The van der Waals surface area contributed by atoms with E-state index in [9.17, 15) is 19.4 Å². The van der Waals surface area contributed by atoms with Crippen LogP contribution in [0.4, 0.5) is 0 Å². The molecular weight excluding hydrogens is 491 g/mol. The molecule has 0 aromatic rings. The van der Waals surface area contributed by atoms with Crippen LogP contribution in [0.5, 0.6) is 0 Å². The fourth-order valence-electron chi connectivity index (χ4n) is 4.14. The van der Waals surface area contributed by atoms with E-state index in [0.29, 0.717) is 30.3 Å². The summed E-state index contributed by atoms with van der Waals surface area (Å²) in [5, 5.41) is 13.4. The number of aliphatic hydroxyl groups excluding tert-OH is 1. The van der Waals surface area contributed by atoms with Gasteiger partial charge in [-0.3, -0.25) is 9.36 Å². The number of nitrogens with zero attached hydrogens (tertiary/aromatic N) is 1. The fourth-order valence-corrected chi connectivity index (χ4v) is 4.86. The van der Waals surface area contributed by atoms with Crippen molar-refractivity contribution in [1.29, 1.82) is 0 Å². The molecule has 37 heavy (non-hydrogen) atoms. The molecule has 0 fully saturated rings. The maximum Gasteiger partial charge on any atom is 0.268 e. The van der Waals surface area contributed by atoms with Gasteiger partial charge in [-0.15, -0.1) is 0 Å². The van der Waals surface area contributed by atoms with Crippen molar-refractivity contribution in [2.24, 2.45) is 0 Å². The minimum absolute atomic E-state index is 0.0126.